The second-order valence-corrected chi connectivity index (χ2v) is 4.46. The van der Waals surface area contributed by atoms with E-state index in [9.17, 15) is 9.59 Å². The largest absolute Gasteiger partial charge is 0.328 e. The van der Waals surface area contributed by atoms with E-state index in [1.54, 1.807) is 18.2 Å². The van der Waals surface area contributed by atoms with Gasteiger partial charge in [-0.15, -0.1) is 0 Å². The summed E-state index contributed by atoms with van der Waals surface area (Å²) >= 11 is 6.02. The van der Waals surface area contributed by atoms with Gasteiger partial charge >= 0.3 is 0 Å². The predicted octanol–water partition coefficient (Wildman–Crippen LogP) is 2.41. The number of amides is 2. The van der Waals surface area contributed by atoms with Gasteiger partial charge in [-0.2, -0.15) is 5.10 Å². The molecular formula is C15H12ClN3O2. The molecule has 0 bridgehead atoms. The molecule has 0 saturated heterocycles. The summed E-state index contributed by atoms with van der Waals surface area (Å²) in [6.07, 6.45) is 1.04. The maximum Gasteiger partial charge on any atom is 0.227 e. The molecule has 6 heteroatoms. The van der Waals surface area contributed by atoms with Crippen molar-refractivity contribution < 1.29 is 9.59 Å². The number of nitrogens with one attached hydrogen (secondary N) is 2. The zero-order valence-electron chi connectivity index (χ0n) is 10.9. The maximum absolute atomic E-state index is 10.7. The van der Waals surface area contributed by atoms with Gasteiger partial charge in [0.1, 0.15) is 0 Å². The van der Waals surface area contributed by atoms with E-state index in [2.05, 4.69) is 15.8 Å². The van der Waals surface area contributed by atoms with E-state index in [0.29, 0.717) is 34.8 Å². The molecule has 0 aliphatic carbocycles. The molecule has 0 spiro atoms. The highest BCUT2D eigenvalue weighted by Gasteiger charge is 2.12. The molecule has 2 rings (SSSR count). The fourth-order valence-electron chi connectivity index (χ4n) is 1.87. The highest BCUT2D eigenvalue weighted by atomic mass is 35.5. The minimum absolute atomic E-state index is 0.473. The first-order valence-corrected chi connectivity index (χ1v) is 6.46. The quantitative estimate of drug-likeness (QED) is 0.488. The second-order valence-electron chi connectivity index (χ2n) is 4.03. The normalized spacial score (nSPS) is 10.8. The van der Waals surface area contributed by atoms with Crippen LogP contribution in [0, 0.1) is 0 Å². The molecule has 0 atom stereocenters. The van der Waals surface area contributed by atoms with E-state index in [0.717, 1.165) is 5.56 Å². The molecule has 2 aromatic rings. The highest BCUT2D eigenvalue weighted by Crippen LogP contribution is 2.23. The Bertz CT molecular complexity index is 672. The molecule has 106 valence electrons. The number of hydrogen-bond donors (Lipinski definition) is 2. The summed E-state index contributed by atoms with van der Waals surface area (Å²) in [4.78, 5) is 21.3. The Labute approximate surface area is 126 Å². The van der Waals surface area contributed by atoms with Gasteiger partial charge in [0, 0.05) is 16.1 Å². The van der Waals surface area contributed by atoms with Gasteiger partial charge < -0.3 is 5.32 Å². The third-order valence-corrected chi connectivity index (χ3v) is 2.96. The third kappa shape index (κ3) is 3.67. The Hall–Kier alpha value is -2.66. The molecule has 2 amide bonds. The second kappa shape index (κ2) is 7.21. The minimum atomic E-state index is 0.473. The first-order valence-electron chi connectivity index (χ1n) is 6.08. The lowest BCUT2D eigenvalue weighted by molar-refractivity contribution is -0.109. The molecular weight excluding hydrogens is 290 g/mol. The Morgan fingerprint density at radius 3 is 2.48 bits per heavy atom. The van der Waals surface area contributed by atoms with Crippen LogP contribution in [0.1, 0.15) is 11.1 Å². The Balaban J connectivity index is 2.58. The highest BCUT2D eigenvalue weighted by molar-refractivity contribution is 6.31. The summed E-state index contributed by atoms with van der Waals surface area (Å²) in [5, 5.41) is 7.14. The van der Waals surface area contributed by atoms with Gasteiger partial charge in [0.25, 0.3) is 0 Å². The number of halogens is 1. The monoisotopic (exact) mass is 301 g/mol. The van der Waals surface area contributed by atoms with E-state index in [1.165, 1.54) is 0 Å². The van der Waals surface area contributed by atoms with Gasteiger partial charge in [0.2, 0.25) is 12.8 Å². The minimum Gasteiger partial charge on any atom is -0.328 e. The van der Waals surface area contributed by atoms with Crippen LogP contribution in [0.3, 0.4) is 0 Å². The maximum atomic E-state index is 10.7. The third-order valence-electron chi connectivity index (χ3n) is 2.73. The van der Waals surface area contributed by atoms with Crippen molar-refractivity contribution in [3.63, 3.8) is 0 Å². The lowest BCUT2D eigenvalue weighted by Crippen LogP contribution is -2.13. The van der Waals surface area contributed by atoms with Gasteiger partial charge in [-0.1, -0.05) is 41.9 Å². The van der Waals surface area contributed by atoms with Crippen molar-refractivity contribution in [3.05, 3.63) is 64.7 Å². The Morgan fingerprint density at radius 2 is 1.81 bits per heavy atom. The van der Waals surface area contributed by atoms with Gasteiger partial charge in [-0.25, -0.2) is 5.43 Å². The molecule has 0 saturated carbocycles. The van der Waals surface area contributed by atoms with Gasteiger partial charge in [0.05, 0.1) is 11.4 Å². The van der Waals surface area contributed by atoms with E-state index >= 15 is 0 Å². The Morgan fingerprint density at radius 1 is 1.05 bits per heavy atom. The van der Waals surface area contributed by atoms with E-state index < -0.39 is 0 Å². The van der Waals surface area contributed by atoms with Crippen LogP contribution in [0.25, 0.3) is 0 Å². The first-order chi connectivity index (χ1) is 10.3. The standard InChI is InChI=1S/C15H12ClN3O2/c16-12-6-7-14(17-9-20)13(8-12)15(19-18-10-21)11-4-2-1-3-5-11/h1-10H,(H,17,20)(H,18,21)/b19-15+. The molecule has 0 unspecified atom stereocenters. The molecule has 0 aromatic heterocycles. The van der Waals surface area contributed by atoms with Crippen molar-refractivity contribution in [2.24, 2.45) is 5.10 Å². The van der Waals surface area contributed by atoms with Crippen LogP contribution in [0.5, 0.6) is 0 Å². The first kappa shape index (κ1) is 14.7. The number of anilines is 1. The smallest absolute Gasteiger partial charge is 0.227 e. The molecule has 0 radical (unpaired) electrons. The summed E-state index contributed by atoms with van der Waals surface area (Å²) in [7, 11) is 0. The fourth-order valence-corrected chi connectivity index (χ4v) is 2.04. The molecule has 2 N–H and O–H groups in total. The van der Waals surface area contributed by atoms with Crippen LogP contribution >= 0.6 is 11.6 Å². The van der Waals surface area contributed by atoms with Crippen LogP contribution in [0.15, 0.2) is 53.6 Å². The molecule has 0 fully saturated rings. The van der Waals surface area contributed by atoms with Crippen molar-refractivity contribution in [1.82, 2.24) is 5.43 Å². The predicted molar refractivity (Wildman–Crippen MR) is 82.4 cm³/mol. The van der Waals surface area contributed by atoms with Crippen LogP contribution in [-0.4, -0.2) is 18.5 Å². The van der Waals surface area contributed by atoms with Gasteiger partial charge in [0.15, 0.2) is 0 Å². The van der Waals surface area contributed by atoms with E-state index in [-0.39, 0.29) is 0 Å². The van der Waals surface area contributed by atoms with Crippen molar-refractivity contribution >= 4 is 35.8 Å². The summed E-state index contributed by atoms with van der Waals surface area (Å²) in [5.41, 5.74) is 4.71. The van der Waals surface area contributed by atoms with Crippen LogP contribution in [-0.2, 0) is 9.59 Å². The van der Waals surface area contributed by atoms with Gasteiger partial charge in [-0.05, 0) is 18.2 Å². The molecule has 21 heavy (non-hydrogen) atoms. The fraction of sp³-hybridized carbons (Fsp3) is 0. The average Bonchev–Trinajstić information content (AvgIpc) is 2.51. The molecule has 5 nitrogen and oxygen atoms in total. The van der Waals surface area contributed by atoms with E-state index in [1.807, 2.05) is 30.3 Å². The lowest BCUT2D eigenvalue weighted by Gasteiger charge is -2.12. The average molecular weight is 302 g/mol. The summed E-state index contributed by atoms with van der Waals surface area (Å²) in [5.74, 6) is 0. The number of rotatable bonds is 6. The van der Waals surface area contributed by atoms with Crippen molar-refractivity contribution in [2.75, 3.05) is 5.32 Å². The van der Waals surface area contributed by atoms with Crippen molar-refractivity contribution in [1.29, 1.82) is 0 Å². The van der Waals surface area contributed by atoms with E-state index in [4.69, 9.17) is 11.6 Å². The van der Waals surface area contributed by atoms with Crippen LogP contribution in [0.2, 0.25) is 5.02 Å². The van der Waals surface area contributed by atoms with Gasteiger partial charge in [-0.3, -0.25) is 9.59 Å². The van der Waals surface area contributed by atoms with Crippen molar-refractivity contribution in [2.45, 2.75) is 0 Å². The topological polar surface area (TPSA) is 70.6 Å². The molecule has 0 aliphatic rings. The summed E-state index contributed by atoms with van der Waals surface area (Å²) in [6.45, 7) is 0. The molecule has 2 aromatic carbocycles. The molecule has 0 aliphatic heterocycles. The number of benzene rings is 2. The summed E-state index contributed by atoms with van der Waals surface area (Å²) in [6, 6.07) is 14.3. The van der Waals surface area contributed by atoms with Crippen LogP contribution in [0.4, 0.5) is 5.69 Å². The number of hydrazone groups is 1. The number of hydrogen-bond acceptors (Lipinski definition) is 3. The molecule has 0 heterocycles. The van der Waals surface area contributed by atoms with Crippen molar-refractivity contribution in [3.8, 4) is 0 Å². The lowest BCUT2D eigenvalue weighted by atomic mass is 10.0. The number of carbonyl (C=O) groups is 2. The van der Waals surface area contributed by atoms with Crippen LogP contribution < -0.4 is 10.7 Å². The Kier molecular flexibility index (Phi) is 5.06. The SMILES string of the molecule is O=CN/N=C(\c1ccccc1)c1cc(Cl)ccc1NC=O. The number of carbonyl (C=O) groups excluding carboxylic acids is 2. The number of nitrogens with zero attached hydrogens (tertiary/aromatic N) is 1. The summed E-state index contributed by atoms with van der Waals surface area (Å²) < 4.78 is 0. The zero-order valence-corrected chi connectivity index (χ0v) is 11.7. The zero-order chi connectivity index (χ0) is 15.1.